The Bertz CT molecular complexity index is 268. The quantitative estimate of drug-likeness (QED) is 0.446. The van der Waals surface area contributed by atoms with E-state index in [2.05, 4.69) is 18.7 Å². The van der Waals surface area contributed by atoms with Gasteiger partial charge in [-0.1, -0.05) is 58.3 Å². The Morgan fingerprint density at radius 3 is 2.14 bits per heavy atom. The average molecular weight is 315 g/mol. The van der Waals surface area contributed by atoms with E-state index in [1.165, 1.54) is 70.6 Å². The predicted octanol–water partition coefficient (Wildman–Crippen LogP) is 6.04. The van der Waals surface area contributed by atoms with Gasteiger partial charge < -0.3 is 5.11 Å². The Kier molecular flexibility index (Phi) is 11.1. The first kappa shape index (κ1) is 18.9. The molecular formula is C18H34O2S. The van der Waals surface area contributed by atoms with E-state index in [-0.39, 0.29) is 0 Å². The van der Waals surface area contributed by atoms with Gasteiger partial charge in [0, 0.05) is 16.9 Å². The summed E-state index contributed by atoms with van der Waals surface area (Å²) in [6, 6.07) is 0. The largest absolute Gasteiger partial charge is 0.481 e. The second-order valence-electron chi connectivity index (χ2n) is 6.51. The van der Waals surface area contributed by atoms with Gasteiger partial charge in [-0.2, -0.15) is 11.8 Å². The first-order valence-electron chi connectivity index (χ1n) is 9.09. The van der Waals surface area contributed by atoms with Gasteiger partial charge in [0.1, 0.15) is 0 Å². The molecule has 0 bridgehead atoms. The highest BCUT2D eigenvalue weighted by atomic mass is 32.2. The second-order valence-corrected chi connectivity index (χ2v) is 8.11. The molecular weight excluding hydrogens is 280 g/mol. The van der Waals surface area contributed by atoms with Crippen molar-refractivity contribution in [3.05, 3.63) is 0 Å². The van der Waals surface area contributed by atoms with Crippen LogP contribution < -0.4 is 0 Å². The van der Waals surface area contributed by atoms with Crippen LogP contribution in [0.4, 0.5) is 0 Å². The first-order valence-corrected chi connectivity index (χ1v) is 10.0. The maximum atomic E-state index is 10.4. The summed E-state index contributed by atoms with van der Waals surface area (Å²) in [6.07, 6.45) is 17.4. The highest BCUT2D eigenvalue weighted by Crippen LogP contribution is 2.37. The molecule has 1 aliphatic heterocycles. The molecule has 0 spiro atoms. The lowest BCUT2D eigenvalue weighted by Gasteiger charge is -2.29. The number of carboxylic acid groups (broad SMARTS) is 1. The Morgan fingerprint density at radius 2 is 1.52 bits per heavy atom. The zero-order valence-corrected chi connectivity index (χ0v) is 14.6. The molecule has 3 heteroatoms. The summed E-state index contributed by atoms with van der Waals surface area (Å²) in [4.78, 5) is 10.4. The number of aliphatic carboxylic acids is 1. The molecule has 21 heavy (non-hydrogen) atoms. The Hall–Kier alpha value is -0.180. The van der Waals surface area contributed by atoms with Crippen molar-refractivity contribution in [1.29, 1.82) is 0 Å². The fourth-order valence-electron chi connectivity index (χ4n) is 3.21. The predicted molar refractivity (Wildman–Crippen MR) is 93.1 cm³/mol. The number of hydrogen-bond acceptors (Lipinski definition) is 2. The normalized spacial score (nSPS) is 22.3. The number of carbonyl (C=O) groups is 1. The van der Waals surface area contributed by atoms with E-state index in [4.69, 9.17) is 5.11 Å². The van der Waals surface area contributed by atoms with E-state index in [1.807, 2.05) is 0 Å². The van der Waals surface area contributed by atoms with E-state index in [1.54, 1.807) is 0 Å². The molecule has 1 rings (SSSR count). The Morgan fingerprint density at radius 1 is 0.952 bits per heavy atom. The van der Waals surface area contributed by atoms with Crippen molar-refractivity contribution < 1.29 is 9.90 Å². The van der Waals surface area contributed by atoms with Gasteiger partial charge in [-0.3, -0.25) is 4.79 Å². The minimum atomic E-state index is -0.650. The Labute approximate surface area is 135 Å². The van der Waals surface area contributed by atoms with Crippen LogP contribution in [0.1, 0.15) is 96.8 Å². The zero-order chi connectivity index (χ0) is 15.3. The molecule has 0 aromatic carbocycles. The number of rotatable bonds is 12. The Balaban J connectivity index is 1.97. The molecule has 2 atom stereocenters. The second kappa shape index (κ2) is 12.4. The van der Waals surface area contributed by atoms with Crippen LogP contribution >= 0.6 is 11.8 Å². The topological polar surface area (TPSA) is 37.3 Å². The van der Waals surface area contributed by atoms with Crippen LogP contribution in [0.3, 0.4) is 0 Å². The molecule has 2 unspecified atom stereocenters. The number of hydrogen-bond donors (Lipinski definition) is 1. The highest BCUT2D eigenvalue weighted by Gasteiger charge is 2.21. The van der Waals surface area contributed by atoms with E-state index >= 15 is 0 Å². The lowest BCUT2D eigenvalue weighted by Crippen LogP contribution is -2.17. The molecule has 0 aromatic rings. The highest BCUT2D eigenvalue weighted by molar-refractivity contribution is 8.00. The van der Waals surface area contributed by atoms with Crippen molar-refractivity contribution >= 4 is 17.7 Å². The monoisotopic (exact) mass is 314 g/mol. The van der Waals surface area contributed by atoms with Crippen molar-refractivity contribution in [2.75, 3.05) is 0 Å². The molecule has 2 nitrogen and oxygen atoms in total. The summed E-state index contributed by atoms with van der Waals surface area (Å²) >= 11 is 2.28. The summed E-state index contributed by atoms with van der Waals surface area (Å²) in [5.74, 6) is -0.650. The van der Waals surface area contributed by atoms with E-state index < -0.39 is 5.97 Å². The number of carboxylic acids is 1. The van der Waals surface area contributed by atoms with Crippen LogP contribution in [0.25, 0.3) is 0 Å². The molecule has 0 radical (unpaired) electrons. The molecule has 0 saturated carbocycles. The van der Waals surface area contributed by atoms with Gasteiger partial charge in [-0.15, -0.1) is 0 Å². The average Bonchev–Trinajstić information content (AvgIpc) is 2.47. The van der Waals surface area contributed by atoms with Crippen LogP contribution in [0.5, 0.6) is 0 Å². The maximum absolute atomic E-state index is 10.4. The minimum absolute atomic E-state index is 0.345. The number of unbranched alkanes of at least 4 members (excludes halogenated alkanes) is 6. The van der Waals surface area contributed by atoms with Gasteiger partial charge in [-0.05, 0) is 32.1 Å². The SMILES string of the molecule is CCCCCC1CCCC(CCCCCCCC(=O)O)S1. The molecule has 1 aliphatic rings. The zero-order valence-electron chi connectivity index (χ0n) is 13.8. The lowest BCUT2D eigenvalue weighted by molar-refractivity contribution is -0.137. The molecule has 1 fully saturated rings. The van der Waals surface area contributed by atoms with Crippen molar-refractivity contribution in [3.8, 4) is 0 Å². The fourth-order valence-corrected chi connectivity index (χ4v) is 4.96. The smallest absolute Gasteiger partial charge is 0.303 e. The summed E-state index contributed by atoms with van der Waals surface area (Å²) in [5.41, 5.74) is 0. The van der Waals surface area contributed by atoms with Gasteiger partial charge in [0.25, 0.3) is 0 Å². The van der Waals surface area contributed by atoms with Crippen LogP contribution in [-0.4, -0.2) is 21.6 Å². The molecule has 124 valence electrons. The fraction of sp³-hybridized carbons (Fsp3) is 0.944. The minimum Gasteiger partial charge on any atom is -0.481 e. The van der Waals surface area contributed by atoms with Crippen molar-refractivity contribution in [2.45, 2.75) is 107 Å². The maximum Gasteiger partial charge on any atom is 0.303 e. The number of thioether (sulfide) groups is 1. The van der Waals surface area contributed by atoms with E-state index in [0.29, 0.717) is 6.42 Å². The van der Waals surface area contributed by atoms with Gasteiger partial charge in [-0.25, -0.2) is 0 Å². The summed E-state index contributed by atoms with van der Waals surface area (Å²) in [7, 11) is 0. The van der Waals surface area contributed by atoms with E-state index in [0.717, 1.165) is 23.3 Å². The first-order chi connectivity index (χ1) is 10.2. The van der Waals surface area contributed by atoms with Crippen LogP contribution in [-0.2, 0) is 4.79 Å². The van der Waals surface area contributed by atoms with Gasteiger partial charge >= 0.3 is 5.97 Å². The van der Waals surface area contributed by atoms with Crippen LogP contribution in [0.2, 0.25) is 0 Å². The standard InChI is InChI=1S/C18H34O2S/c1-2-3-7-11-16-13-10-14-17(21-16)12-8-5-4-6-9-15-18(19)20/h16-17H,2-15H2,1H3,(H,19,20). The lowest BCUT2D eigenvalue weighted by atomic mass is 10.0. The van der Waals surface area contributed by atoms with Crippen molar-refractivity contribution in [2.24, 2.45) is 0 Å². The molecule has 1 heterocycles. The third kappa shape index (κ3) is 10.2. The van der Waals surface area contributed by atoms with Gasteiger partial charge in [0.15, 0.2) is 0 Å². The van der Waals surface area contributed by atoms with E-state index in [9.17, 15) is 4.79 Å². The molecule has 1 saturated heterocycles. The summed E-state index contributed by atoms with van der Waals surface area (Å²) in [5, 5.41) is 10.4. The van der Waals surface area contributed by atoms with Crippen molar-refractivity contribution in [3.63, 3.8) is 0 Å². The summed E-state index contributed by atoms with van der Waals surface area (Å²) in [6.45, 7) is 2.29. The third-order valence-electron chi connectivity index (χ3n) is 4.48. The van der Waals surface area contributed by atoms with Gasteiger partial charge in [0.05, 0.1) is 0 Å². The third-order valence-corrected chi connectivity index (χ3v) is 6.20. The molecule has 1 N–H and O–H groups in total. The summed E-state index contributed by atoms with van der Waals surface area (Å²) < 4.78 is 0. The molecule has 0 amide bonds. The molecule has 0 aromatic heterocycles. The van der Waals surface area contributed by atoms with Crippen molar-refractivity contribution in [1.82, 2.24) is 0 Å². The van der Waals surface area contributed by atoms with Gasteiger partial charge in [0.2, 0.25) is 0 Å². The molecule has 0 aliphatic carbocycles. The van der Waals surface area contributed by atoms with Crippen LogP contribution in [0.15, 0.2) is 0 Å². The van der Waals surface area contributed by atoms with Crippen LogP contribution in [0, 0.1) is 0 Å².